The highest BCUT2D eigenvalue weighted by atomic mass is 16.3. The van der Waals surface area contributed by atoms with E-state index in [2.05, 4.69) is 5.43 Å². The fourth-order valence-corrected chi connectivity index (χ4v) is 3.73. The van der Waals surface area contributed by atoms with Gasteiger partial charge in [-0.2, -0.15) is 0 Å². The van der Waals surface area contributed by atoms with E-state index in [-0.39, 0.29) is 23.6 Å². The molecule has 25 heavy (non-hydrogen) atoms. The molecule has 0 bridgehead atoms. The molecule has 128 valence electrons. The first-order chi connectivity index (χ1) is 12.1. The molecule has 2 aliphatic heterocycles. The largest absolute Gasteiger partial charge is 0.508 e. The molecule has 0 spiro atoms. The predicted molar refractivity (Wildman–Crippen MR) is 91.0 cm³/mol. The van der Waals surface area contributed by atoms with Crippen molar-refractivity contribution >= 4 is 11.8 Å². The third-order valence-electron chi connectivity index (χ3n) is 4.97. The summed E-state index contributed by atoms with van der Waals surface area (Å²) in [5.41, 5.74) is 5.03. The minimum atomic E-state index is -0.505. The summed E-state index contributed by atoms with van der Waals surface area (Å²) in [7, 11) is 1.79. The highest BCUT2D eigenvalue weighted by molar-refractivity contribution is 6.07. The molecular formula is C19H19N3O3. The van der Waals surface area contributed by atoms with Crippen LogP contribution in [0.3, 0.4) is 0 Å². The molecule has 2 fully saturated rings. The van der Waals surface area contributed by atoms with Crippen molar-refractivity contribution in [2.45, 2.75) is 18.6 Å². The smallest absolute Gasteiger partial charge is 0.249 e. The Morgan fingerprint density at radius 2 is 1.68 bits per heavy atom. The van der Waals surface area contributed by atoms with Gasteiger partial charge in [0.05, 0.1) is 18.5 Å². The van der Waals surface area contributed by atoms with Crippen LogP contribution in [-0.2, 0) is 16.1 Å². The molecule has 2 aliphatic rings. The number of hydrazine groups is 1. The minimum Gasteiger partial charge on any atom is -0.508 e. The Morgan fingerprint density at radius 3 is 2.36 bits per heavy atom. The first-order valence-electron chi connectivity index (χ1n) is 8.23. The maximum atomic E-state index is 13.0. The molecule has 0 aromatic heterocycles. The van der Waals surface area contributed by atoms with Gasteiger partial charge in [-0.15, -0.1) is 0 Å². The van der Waals surface area contributed by atoms with Crippen molar-refractivity contribution in [3.05, 3.63) is 65.7 Å². The number of carbonyl (C=O) groups is 2. The van der Waals surface area contributed by atoms with Crippen LogP contribution in [0.4, 0.5) is 0 Å². The van der Waals surface area contributed by atoms with E-state index in [4.69, 9.17) is 0 Å². The molecule has 2 aromatic carbocycles. The van der Waals surface area contributed by atoms with Gasteiger partial charge in [-0.25, -0.2) is 10.4 Å². The quantitative estimate of drug-likeness (QED) is 0.829. The second-order valence-corrected chi connectivity index (χ2v) is 6.53. The predicted octanol–water partition coefficient (Wildman–Crippen LogP) is 1.44. The number of rotatable bonds is 3. The number of hydrogen-bond donors (Lipinski definition) is 2. The molecule has 2 saturated heterocycles. The van der Waals surface area contributed by atoms with E-state index in [1.165, 1.54) is 4.90 Å². The molecule has 6 nitrogen and oxygen atoms in total. The Balaban J connectivity index is 1.63. The summed E-state index contributed by atoms with van der Waals surface area (Å²) in [6, 6.07) is 15.5. The highest BCUT2D eigenvalue weighted by Gasteiger charge is 2.57. The van der Waals surface area contributed by atoms with E-state index in [0.717, 1.165) is 11.1 Å². The van der Waals surface area contributed by atoms with E-state index in [1.807, 2.05) is 30.3 Å². The maximum Gasteiger partial charge on any atom is 0.249 e. The van der Waals surface area contributed by atoms with Gasteiger partial charge in [0, 0.05) is 7.05 Å². The summed E-state index contributed by atoms with van der Waals surface area (Å²) < 4.78 is 0. The molecule has 2 N–H and O–H groups in total. The molecule has 3 atom stereocenters. The molecule has 2 heterocycles. The Morgan fingerprint density at radius 1 is 1.00 bits per heavy atom. The molecule has 2 amide bonds. The van der Waals surface area contributed by atoms with Gasteiger partial charge in [0.2, 0.25) is 11.8 Å². The number of benzene rings is 2. The van der Waals surface area contributed by atoms with Crippen molar-refractivity contribution in [3.8, 4) is 5.75 Å². The van der Waals surface area contributed by atoms with Gasteiger partial charge in [-0.1, -0.05) is 42.5 Å². The van der Waals surface area contributed by atoms with Crippen LogP contribution < -0.4 is 5.43 Å². The zero-order chi connectivity index (χ0) is 17.6. The van der Waals surface area contributed by atoms with Crippen LogP contribution in [0.1, 0.15) is 17.2 Å². The number of phenolic OH excluding ortho intramolecular Hbond substituents is 1. The fourth-order valence-electron chi connectivity index (χ4n) is 3.73. The lowest BCUT2D eigenvalue weighted by Gasteiger charge is -2.22. The minimum absolute atomic E-state index is 0.159. The number of likely N-dealkylation sites (tertiary alicyclic amines) is 1. The molecule has 2 aromatic rings. The van der Waals surface area contributed by atoms with Gasteiger partial charge < -0.3 is 5.11 Å². The van der Waals surface area contributed by atoms with Crippen LogP contribution in [0.15, 0.2) is 54.6 Å². The van der Waals surface area contributed by atoms with Gasteiger partial charge in [0.25, 0.3) is 0 Å². The standard InChI is InChI=1S/C19H19N3O3/c1-21-17-15(16(20-21)13-7-9-14(23)10-8-13)18(24)22(19(17)25)11-12-5-3-2-4-6-12/h2-10,15-17,20,23H,11H2,1H3/t15-,16-,17+/m0/s1. The number of amides is 2. The SMILES string of the molecule is CN1N[C@@H](c2ccc(O)cc2)[C@@H]2C(=O)N(Cc3ccccc3)C(=O)[C@@H]21. The Hall–Kier alpha value is -2.70. The first kappa shape index (κ1) is 15.8. The Labute approximate surface area is 145 Å². The average Bonchev–Trinajstić information content (AvgIpc) is 3.08. The monoisotopic (exact) mass is 337 g/mol. The van der Waals surface area contributed by atoms with E-state index in [0.29, 0.717) is 6.54 Å². The first-order valence-corrected chi connectivity index (χ1v) is 8.23. The van der Waals surface area contributed by atoms with Crippen molar-refractivity contribution in [1.82, 2.24) is 15.3 Å². The van der Waals surface area contributed by atoms with Gasteiger partial charge in [-0.05, 0) is 23.3 Å². The van der Waals surface area contributed by atoms with Crippen LogP contribution in [0.2, 0.25) is 0 Å². The van der Waals surface area contributed by atoms with E-state index in [9.17, 15) is 14.7 Å². The van der Waals surface area contributed by atoms with Gasteiger partial charge in [0.15, 0.2) is 0 Å². The molecular weight excluding hydrogens is 318 g/mol. The zero-order valence-electron chi connectivity index (χ0n) is 13.8. The van der Waals surface area contributed by atoms with Crippen LogP contribution >= 0.6 is 0 Å². The van der Waals surface area contributed by atoms with E-state index >= 15 is 0 Å². The summed E-state index contributed by atoms with van der Waals surface area (Å²) in [6.45, 7) is 0.293. The molecule has 0 radical (unpaired) electrons. The van der Waals surface area contributed by atoms with Crippen molar-refractivity contribution in [2.75, 3.05) is 7.05 Å². The van der Waals surface area contributed by atoms with Crippen LogP contribution in [0.25, 0.3) is 0 Å². The van der Waals surface area contributed by atoms with Crippen molar-refractivity contribution in [3.63, 3.8) is 0 Å². The molecule has 0 saturated carbocycles. The van der Waals surface area contributed by atoms with Gasteiger partial charge in [0.1, 0.15) is 11.8 Å². The van der Waals surface area contributed by atoms with E-state index in [1.54, 1.807) is 36.3 Å². The van der Waals surface area contributed by atoms with Crippen molar-refractivity contribution in [1.29, 1.82) is 0 Å². The van der Waals surface area contributed by atoms with Crippen molar-refractivity contribution in [2.24, 2.45) is 5.92 Å². The molecule has 0 aliphatic carbocycles. The normalized spacial score (nSPS) is 26.3. The molecule has 0 unspecified atom stereocenters. The second kappa shape index (κ2) is 5.98. The summed E-state index contributed by atoms with van der Waals surface area (Å²) >= 11 is 0. The number of hydrogen-bond acceptors (Lipinski definition) is 5. The summed E-state index contributed by atoms with van der Waals surface area (Å²) in [5.74, 6) is -0.624. The second-order valence-electron chi connectivity index (χ2n) is 6.53. The van der Waals surface area contributed by atoms with Gasteiger partial charge in [-0.3, -0.25) is 14.5 Å². The number of phenols is 1. The van der Waals surface area contributed by atoms with Crippen molar-refractivity contribution < 1.29 is 14.7 Å². The Bertz CT molecular complexity index is 806. The summed E-state index contributed by atoms with van der Waals surface area (Å²) in [5, 5.41) is 11.2. The van der Waals surface area contributed by atoms with Gasteiger partial charge >= 0.3 is 0 Å². The van der Waals surface area contributed by atoms with Crippen LogP contribution in [-0.4, -0.2) is 39.9 Å². The maximum absolute atomic E-state index is 13.0. The zero-order valence-corrected chi connectivity index (χ0v) is 13.8. The number of imide groups is 1. The topological polar surface area (TPSA) is 72.9 Å². The third kappa shape index (κ3) is 2.59. The lowest BCUT2D eigenvalue weighted by atomic mass is 9.91. The number of likely N-dealkylation sites (N-methyl/N-ethyl adjacent to an activating group) is 1. The fraction of sp³-hybridized carbons (Fsp3) is 0.263. The third-order valence-corrected chi connectivity index (χ3v) is 4.97. The number of carbonyl (C=O) groups excluding carboxylic acids is 2. The Kier molecular flexibility index (Phi) is 3.78. The summed E-state index contributed by atoms with van der Waals surface area (Å²) in [4.78, 5) is 27.2. The average molecular weight is 337 g/mol. The van der Waals surface area contributed by atoms with E-state index < -0.39 is 12.0 Å². The number of fused-ring (bicyclic) bond motifs is 1. The van der Waals surface area contributed by atoms with Crippen LogP contribution in [0.5, 0.6) is 5.75 Å². The lowest BCUT2D eigenvalue weighted by Crippen LogP contribution is -2.42. The number of nitrogens with zero attached hydrogens (tertiary/aromatic N) is 2. The molecule has 4 rings (SSSR count). The number of nitrogens with one attached hydrogen (secondary N) is 1. The highest BCUT2D eigenvalue weighted by Crippen LogP contribution is 2.40. The lowest BCUT2D eigenvalue weighted by molar-refractivity contribution is -0.142. The van der Waals surface area contributed by atoms with Crippen LogP contribution in [0, 0.1) is 5.92 Å². The summed E-state index contributed by atoms with van der Waals surface area (Å²) in [6.07, 6.45) is 0. The molecule has 6 heteroatoms. The number of aromatic hydroxyl groups is 1.